The van der Waals surface area contributed by atoms with Crippen molar-refractivity contribution >= 4 is 10.0 Å². The molecule has 0 heterocycles. The Kier molecular flexibility index (Phi) is 6.39. The monoisotopic (exact) mass is 367 g/mol. The molecule has 0 saturated heterocycles. The van der Waals surface area contributed by atoms with Gasteiger partial charge in [-0.1, -0.05) is 18.2 Å². The van der Waals surface area contributed by atoms with Crippen molar-refractivity contribution in [3.63, 3.8) is 0 Å². The number of rotatable bonds is 8. The lowest BCUT2D eigenvalue weighted by Crippen LogP contribution is -2.30. The summed E-state index contributed by atoms with van der Waals surface area (Å²) in [4.78, 5) is 0. The van der Waals surface area contributed by atoms with Gasteiger partial charge in [-0.3, -0.25) is 0 Å². The van der Waals surface area contributed by atoms with Crippen molar-refractivity contribution in [2.24, 2.45) is 0 Å². The van der Waals surface area contributed by atoms with Crippen molar-refractivity contribution in [1.82, 2.24) is 4.31 Å². The molecule has 2 rings (SSSR count). The maximum absolute atomic E-state index is 12.9. The normalized spacial score (nSPS) is 11.6. The largest absolute Gasteiger partial charge is 0.493 e. The van der Waals surface area contributed by atoms with Gasteiger partial charge in [0.2, 0.25) is 10.0 Å². The highest BCUT2D eigenvalue weighted by Gasteiger charge is 2.18. The highest BCUT2D eigenvalue weighted by atomic mass is 32.2. The Morgan fingerprint density at radius 3 is 2.16 bits per heavy atom. The molecule has 136 valence electrons. The van der Waals surface area contributed by atoms with Gasteiger partial charge in [0, 0.05) is 13.6 Å². The van der Waals surface area contributed by atoms with Crippen LogP contribution in [-0.4, -0.2) is 40.5 Å². The summed E-state index contributed by atoms with van der Waals surface area (Å²) in [6, 6.07) is 11.0. The van der Waals surface area contributed by atoms with Gasteiger partial charge < -0.3 is 9.47 Å². The fourth-order valence-corrected chi connectivity index (χ4v) is 3.57. The maximum Gasteiger partial charge on any atom is 0.218 e. The first-order valence-corrected chi connectivity index (χ1v) is 9.36. The van der Waals surface area contributed by atoms with Crippen LogP contribution in [0.25, 0.3) is 0 Å². The van der Waals surface area contributed by atoms with Crippen LogP contribution in [0.1, 0.15) is 11.1 Å². The Labute approximate surface area is 148 Å². The predicted octanol–water partition coefficient (Wildman–Crippen LogP) is 2.85. The molecule has 0 radical (unpaired) electrons. The van der Waals surface area contributed by atoms with E-state index in [9.17, 15) is 12.8 Å². The molecule has 0 aromatic heterocycles. The molecule has 0 fully saturated rings. The fourth-order valence-electron chi connectivity index (χ4n) is 2.36. The van der Waals surface area contributed by atoms with Crippen LogP contribution in [0.5, 0.6) is 11.5 Å². The number of nitrogens with zero attached hydrogens (tertiary/aromatic N) is 1. The Balaban J connectivity index is 2.01. The number of hydrogen-bond acceptors (Lipinski definition) is 4. The van der Waals surface area contributed by atoms with E-state index >= 15 is 0 Å². The highest BCUT2D eigenvalue weighted by molar-refractivity contribution is 7.88. The van der Waals surface area contributed by atoms with Crippen LogP contribution < -0.4 is 9.47 Å². The summed E-state index contributed by atoms with van der Waals surface area (Å²) in [6.45, 7) is 0.332. The lowest BCUT2D eigenvalue weighted by atomic mass is 10.1. The van der Waals surface area contributed by atoms with Gasteiger partial charge in [0.15, 0.2) is 11.5 Å². The first-order chi connectivity index (χ1) is 11.9. The van der Waals surface area contributed by atoms with E-state index in [0.29, 0.717) is 30.0 Å². The van der Waals surface area contributed by atoms with E-state index in [1.807, 2.05) is 12.1 Å². The van der Waals surface area contributed by atoms with Gasteiger partial charge in [-0.25, -0.2) is 17.1 Å². The maximum atomic E-state index is 12.9. The minimum Gasteiger partial charge on any atom is -0.493 e. The summed E-state index contributed by atoms with van der Waals surface area (Å²) in [5.74, 6) is 0.693. The van der Waals surface area contributed by atoms with E-state index < -0.39 is 10.0 Å². The fraction of sp³-hybridized carbons (Fsp3) is 0.333. The van der Waals surface area contributed by atoms with Crippen LogP contribution in [0.3, 0.4) is 0 Å². The summed E-state index contributed by atoms with van der Waals surface area (Å²) in [7, 11) is 1.19. The van der Waals surface area contributed by atoms with Crippen molar-refractivity contribution in [3.05, 3.63) is 59.4 Å². The smallest absolute Gasteiger partial charge is 0.218 e. The number of hydrogen-bond donors (Lipinski definition) is 0. The van der Waals surface area contributed by atoms with Gasteiger partial charge in [0.1, 0.15) is 5.82 Å². The molecule has 7 heteroatoms. The first-order valence-electron chi connectivity index (χ1n) is 7.75. The molecule has 0 spiro atoms. The molecule has 0 saturated carbocycles. The number of ether oxygens (including phenoxy) is 2. The molecule has 5 nitrogen and oxygen atoms in total. The molecule has 0 atom stereocenters. The summed E-state index contributed by atoms with van der Waals surface area (Å²) >= 11 is 0. The zero-order valence-corrected chi connectivity index (χ0v) is 15.3. The van der Waals surface area contributed by atoms with E-state index in [-0.39, 0.29) is 11.6 Å². The molecule has 2 aromatic carbocycles. The van der Waals surface area contributed by atoms with E-state index in [2.05, 4.69) is 0 Å². The molecule has 0 N–H and O–H groups in total. The molecule has 2 aromatic rings. The second-order valence-electron chi connectivity index (χ2n) is 5.64. The topological polar surface area (TPSA) is 55.8 Å². The van der Waals surface area contributed by atoms with Crippen molar-refractivity contribution in [3.8, 4) is 11.5 Å². The van der Waals surface area contributed by atoms with Crippen LogP contribution in [-0.2, 0) is 22.2 Å². The van der Waals surface area contributed by atoms with Crippen LogP contribution in [0.15, 0.2) is 42.5 Å². The van der Waals surface area contributed by atoms with Crippen molar-refractivity contribution in [2.75, 3.05) is 27.8 Å². The number of halogens is 1. The number of sulfonamides is 1. The second kappa shape index (κ2) is 8.31. The van der Waals surface area contributed by atoms with E-state index in [0.717, 1.165) is 5.56 Å². The van der Waals surface area contributed by atoms with Crippen LogP contribution in [0.4, 0.5) is 4.39 Å². The van der Waals surface area contributed by atoms with Gasteiger partial charge in [-0.15, -0.1) is 0 Å². The average molecular weight is 367 g/mol. The van der Waals surface area contributed by atoms with Crippen molar-refractivity contribution in [1.29, 1.82) is 0 Å². The molecule has 0 aliphatic rings. The standard InChI is InChI=1S/C18H22FNO4S/c1-20(25(21,22)13-15-4-7-16(19)8-5-15)11-10-14-6-9-17(23-2)18(12-14)24-3/h4-9,12H,10-11,13H2,1-3H3. The van der Waals surface area contributed by atoms with Gasteiger partial charge in [-0.05, 0) is 41.8 Å². The summed E-state index contributed by atoms with van der Waals surface area (Å²) in [6.07, 6.45) is 0.541. The van der Waals surface area contributed by atoms with Crippen molar-refractivity contribution in [2.45, 2.75) is 12.2 Å². The number of benzene rings is 2. The molecule has 0 aliphatic heterocycles. The van der Waals surface area contributed by atoms with E-state index in [4.69, 9.17) is 9.47 Å². The third-order valence-corrected chi connectivity index (χ3v) is 5.73. The molecular formula is C18H22FNO4S. The number of likely N-dealkylation sites (N-methyl/N-ethyl adjacent to an activating group) is 1. The lowest BCUT2D eigenvalue weighted by Gasteiger charge is -2.17. The van der Waals surface area contributed by atoms with Gasteiger partial charge in [0.05, 0.1) is 20.0 Å². The van der Waals surface area contributed by atoms with Crippen LogP contribution >= 0.6 is 0 Å². The predicted molar refractivity (Wildman–Crippen MR) is 94.9 cm³/mol. The second-order valence-corrected chi connectivity index (χ2v) is 7.72. The third kappa shape index (κ3) is 5.17. The minimum atomic E-state index is -3.47. The number of methoxy groups -OCH3 is 2. The summed E-state index contributed by atoms with van der Waals surface area (Å²) < 4.78 is 49.5. The summed E-state index contributed by atoms with van der Waals surface area (Å²) in [5, 5.41) is 0. The Morgan fingerprint density at radius 2 is 1.56 bits per heavy atom. The molecular weight excluding hydrogens is 345 g/mol. The quantitative estimate of drug-likeness (QED) is 0.720. The van der Waals surface area contributed by atoms with Gasteiger partial charge >= 0.3 is 0 Å². The average Bonchev–Trinajstić information content (AvgIpc) is 2.61. The van der Waals surface area contributed by atoms with Crippen molar-refractivity contribution < 1.29 is 22.3 Å². The zero-order valence-electron chi connectivity index (χ0n) is 14.5. The summed E-state index contributed by atoms with van der Waals surface area (Å²) in [5.41, 5.74) is 1.50. The molecule has 25 heavy (non-hydrogen) atoms. The Bertz CT molecular complexity index is 806. The van der Waals surface area contributed by atoms with Crippen LogP contribution in [0.2, 0.25) is 0 Å². The molecule has 0 amide bonds. The Morgan fingerprint density at radius 1 is 0.960 bits per heavy atom. The first kappa shape index (κ1) is 19.2. The van der Waals surface area contributed by atoms with Gasteiger partial charge in [-0.2, -0.15) is 0 Å². The lowest BCUT2D eigenvalue weighted by molar-refractivity contribution is 0.354. The third-order valence-electron chi connectivity index (χ3n) is 3.90. The van der Waals surface area contributed by atoms with Gasteiger partial charge in [0.25, 0.3) is 0 Å². The molecule has 0 bridgehead atoms. The zero-order chi connectivity index (χ0) is 18.4. The van der Waals surface area contributed by atoms with E-state index in [1.54, 1.807) is 27.3 Å². The Hall–Kier alpha value is -2.12. The van der Waals surface area contributed by atoms with Crippen LogP contribution in [0, 0.1) is 5.82 Å². The molecule has 0 aliphatic carbocycles. The highest BCUT2D eigenvalue weighted by Crippen LogP contribution is 2.27. The molecule has 0 unspecified atom stereocenters. The minimum absolute atomic E-state index is 0.157. The van der Waals surface area contributed by atoms with E-state index in [1.165, 1.54) is 28.6 Å². The SMILES string of the molecule is COc1ccc(CCN(C)S(=O)(=O)Cc2ccc(F)cc2)cc1OC.